The molecule has 7 heteroatoms. The molecule has 3 N–H and O–H groups in total. The van der Waals surface area contributed by atoms with E-state index in [1.165, 1.54) is 12.1 Å². The van der Waals surface area contributed by atoms with Crippen molar-refractivity contribution in [1.29, 1.82) is 0 Å². The van der Waals surface area contributed by atoms with Gasteiger partial charge in [-0.25, -0.2) is 13.1 Å². The van der Waals surface area contributed by atoms with Gasteiger partial charge >= 0.3 is 0 Å². The van der Waals surface area contributed by atoms with Crippen LogP contribution >= 0.6 is 0 Å². The molecule has 1 aliphatic rings. The molecule has 0 aliphatic heterocycles. The van der Waals surface area contributed by atoms with E-state index < -0.39 is 15.4 Å². The lowest BCUT2D eigenvalue weighted by Crippen LogP contribution is -2.37. The molecule has 0 saturated heterocycles. The highest BCUT2D eigenvalue weighted by molar-refractivity contribution is 7.89. The minimum Gasteiger partial charge on any atom is -0.396 e. The van der Waals surface area contributed by atoms with Gasteiger partial charge in [-0.3, -0.25) is 4.79 Å². The summed E-state index contributed by atoms with van der Waals surface area (Å²) < 4.78 is 27.6. The molecule has 30 heavy (non-hydrogen) atoms. The van der Waals surface area contributed by atoms with E-state index in [4.69, 9.17) is 0 Å². The van der Waals surface area contributed by atoms with Crippen LogP contribution in [0.15, 0.2) is 59.5 Å². The number of carbonyl (C=O) groups excluding carboxylic acids is 1. The Morgan fingerprint density at radius 3 is 2.47 bits per heavy atom. The number of aliphatic hydroxyl groups excluding tert-OH is 1. The Balaban J connectivity index is 1.71. The van der Waals surface area contributed by atoms with Crippen LogP contribution in [0, 0.1) is 11.3 Å². The van der Waals surface area contributed by atoms with Gasteiger partial charge in [0, 0.05) is 31.2 Å². The van der Waals surface area contributed by atoms with Crippen LogP contribution in [0.1, 0.15) is 48.5 Å². The maximum Gasteiger partial charge on any atom is 0.251 e. The van der Waals surface area contributed by atoms with Crippen molar-refractivity contribution in [2.24, 2.45) is 11.3 Å². The van der Waals surface area contributed by atoms with E-state index in [1.807, 2.05) is 44.2 Å². The van der Waals surface area contributed by atoms with Gasteiger partial charge in [-0.15, -0.1) is 0 Å². The fraction of sp³-hybridized carbons (Fsp3) is 0.435. The molecular formula is C23H30N2O4S. The van der Waals surface area contributed by atoms with Crippen molar-refractivity contribution >= 4 is 15.9 Å². The van der Waals surface area contributed by atoms with Crippen molar-refractivity contribution in [1.82, 2.24) is 10.0 Å². The summed E-state index contributed by atoms with van der Waals surface area (Å²) >= 11 is 0. The summed E-state index contributed by atoms with van der Waals surface area (Å²) in [6.07, 6.45) is 2.11. The zero-order valence-electron chi connectivity index (χ0n) is 17.5. The second kappa shape index (κ2) is 9.29. The molecule has 2 aromatic rings. The second-order valence-electron chi connectivity index (χ2n) is 8.64. The number of aliphatic hydroxyl groups is 1. The summed E-state index contributed by atoms with van der Waals surface area (Å²) in [6, 6.07) is 15.8. The quantitative estimate of drug-likeness (QED) is 0.540. The first-order chi connectivity index (χ1) is 14.2. The molecule has 162 valence electrons. The number of sulfonamides is 1. The maximum atomic E-state index is 12.8. The number of hydrogen-bond acceptors (Lipinski definition) is 4. The number of hydrogen-bond donors (Lipinski definition) is 3. The fourth-order valence-electron chi connectivity index (χ4n) is 3.38. The molecule has 1 aliphatic carbocycles. The van der Waals surface area contributed by atoms with Gasteiger partial charge in [-0.1, -0.05) is 50.2 Å². The van der Waals surface area contributed by atoms with E-state index in [2.05, 4.69) is 10.0 Å². The summed E-state index contributed by atoms with van der Waals surface area (Å²) in [5.41, 5.74) is 0.877. The molecule has 0 radical (unpaired) electrons. The first kappa shape index (κ1) is 22.5. The van der Waals surface area contributed by atoms with E-state index in [0.29, 0.717) is 19.0 Å². The third-order valence-corrected chi connectivity index (χ3v) is 7.11. The Kier molecular flexibility index (Phi) is 6.95. The highest BCUT2D eigenvalue weighted by atomic mass is 32.2. The number of amides is 1. The molecular weight excluding hydrogens is 400 g/mol. The predicted octanol–water partition coefficient (Wildman–Crippen LogP) is 2.91. The van der Waals surface area contributed by atoms with Crippen LogP contribution in [0.4, 0.5) is 0 Å². The van der Waals surface area contributed by atoms with E-state index >= 15 is 0 Å². The Morgan fingerprint density at radius 1 is 1.13 bits per heavy atom. The van der Waals surface area contributed by atoms with Crippen LogP contribution in [0.5, 0.6) is 0 Å². The molecule has 1 saturated carbocycles. The SMILES string of the molecule is CC(C)(CO)[C@H](CNC(=O)c1cccc(S(=O)(=O)NCC2CC2)c1)c1ccccc1. The molecule has 1 atom stereocenters. The third-order valence-electron chi connectivity index (χ3n) is 5.69. The third kappa shape index (κ3) is 5.68. The van der Waals surface area contributed by atoms with Crippen molar-refractivity contribution in [2.75, 3.05) is 19.7 Å². The van der Waals surface area contributed by atoms with Crippen molar-refractivity contribution in [3.05, 3.63) is 65.7 Å². The Labute approximate surface area is 178 Å². The van der Waals surface area contributed by atoms with E-state index in [9.17, 15) is 18.3 Å². The summed E-state index contributed by atoms with van der Waals surface area (Å²) in [5.74, 6) is -0.0141. The Morgan fingerprint density at radius 2 is 1.83 bits per heavy atom. The van der Waals surface area contributed by atoms with Crippen molar-refractivity contribution in [3.63, 3.8) is 0 Å². The van der Waals surface area contributed by atoms with Crippen LogP contribution in [0.3, 0.4) is 0 Å². The summed E-state index contributed by atoms with van der Waals surface area (Å²) in [6.45, 7) is 4.65. The lowest BCUT2D eigenvalue weighted by molar-refractivity contribution is 0.0920. The summed E-state index contributed by atoms with van der Waals surface area (Å²) in [5, 5.41) is 12.8. The van der Waals surface area contributed by atoms with Crippen LogP contribution in [0.2, 0.25) is 0 Å². The zero-order valence-corrected chi connectivity index (χ0v) is 18.3. The average molecular weight is 431 g/mol. The van der Waals surface area contributed by atoms with Crippen molar-refractivity contribution in [3.8, 4) is 0 Å². The first-order valence-electron chi connectivity index (χ1n) is 10.3. The fourth-order valence-corrected chi connectivity index (χ4v) is 4.54. The molecule has 0 heterocycles. The highest BCUT2D eigenvalue weighted by Gasteiger charge is 2.31. The molecule has 1 fully saturated rings. The largest absolute Gasteiger partial charge is 0.396 e. The van der Waals surface area contributed by atoms with Crippen molar-refractivity contribution < 1.29 is 18.3 Å². The molecule has 0 aromatic heterocycles. The summed E-state index contributed by atoms with van der Waals surface area (Å²) in [4.78, 5) is 12.9. The maximum absolute atomic E-state index is 12.8. The van der Waals surface area contributed by atoms with Gasteiger partial charge in [0.15, 0.2) is 0 Å². The normalized spacial score (nSPS) is 15.6. The first-order valence-corrected chi connectivity index (χ1v) is 11.7. The number of nitrogens with one attached hydrogen (secondary N) is 2. The van der Waals surface area contributed by atoms with Crippen LogP contribution in [-0.4, -0.2) is 39.1 Å². The zero-order chi connectivity index (χ0) is 21.8. The minimum atomic E-state index is -3.64. The van der Waals surface area contributed by atoms with Gasteiger partial charge in [0.2, 0.25) is 10.0 Å². The Bertz CT molecular complexity index is 970. The lowest BCUT2D eigenvalue weighted by atomic mass is 9.75. The van der Waals surface area contributed by atoms with Crippen LogP contribution in [-0.2, 0) is 10.0 Å². The molecule has 0 spiro atoms. The number of benzene rings is 2. The molecule has 3 rings (SSSR count). The predicted molar refractivity (Wildman–Crippen MR) is 117 cm³/mol. The standard InChI is InChI=1S/C23H30N2O4S/c1-23(2,16-26)21(18-7-4-3-5-8-18)15-24-22(27)19-9-6-10-20(13-19)30(28,29)25-14-17-11-12-17/h3-10,13,17,21,25-26H,11-12,14-16H2,1-2H3,(H,24,27)/t21-/m1/s1. The molecule has 0 bridgehead atoms. The van der Waals surface area contributed by atoms with Crippen LogP contribution < -0.4 is 10.0 Å². The molecule has 6 nitrogen and oxygen atoms in total. The smallest absolute Gasteiger partial charge is 0.251 e. The van der Waals surface area contributed by atoms with Gasteiger partial charge in [0.1, 0.15) is 0 Å². The van der Waals surface area contributed by atoms with Crippen molar-refractivity contribution in [2.45, 2.75) is 37.5 Å². The van der Waals surface area contributed by atoms with Gasteiger partial charge < -0.3 is 10.4 Å². The average Bonchev–Trinajstić information content (AvgIpc) is 3.58. The van der Waals surface area contributed by atoms with Gasteiger partial charge in [-0.05, 0) is 47.9 Å². The van der Waals surface area contributed by atoms with Gasteiger partial charge in [0.05, 0.1) is 4.90 Å². The van der Waals surface area contributed by atoms with Gasteiger partial charge in [0.25, 0.3) is 5.91 Å². The molecule has 0 unspecified atom stereocenters. The van der Waals surface area contributed by atoms with Crippen LogP contribution in [0.25, 0.3) is 0 Å². The highest BCUT2D eigenvalue weighted by Crippen LogP contribution is 2.34. The van der Waals surface area contributed by atoms with E-state index in [1.54, 1.807) is 12.1 Å². The van der Waals surface area contributed by atoms with E-state index in [-0.39, 0.29) is 28.9 Å². The molecule has 2 aromatic carbocycles. The second-order valence-corrected chi connectivity index (χ2v) is 10.4. The van der Waals surface area contributed by atoms with E-state index in [0.717, 1.165) is 18.4 Å². The molecule has 1 amide bonds. The Hall–Kier alpha value is -2.22. The summed E-state index contributed by atoms with van der Waals surface area (Å²) in [7, 11) is -3.64. The van der Waals surface area contributed by atoms with Gasteiger partial charge in [-0.2, -0.15) is 0 Å². The lowest BCUT2D eigenvalue weighted by Gasteiger charge is -2.33. The number of carbonyl (C=O) groups is 1. The minimum absolute atomic E-state index is 0.0250. The monoisotopic (exact) mass is 430 g/mol. The number of rotatable bonds is 10. The topological polar surface area (TPSA) is 95.5 Å².